The van der Waals surface area contributed by atoms with Crippen molar-refractivity contribution in [2.24, 2.45) is 0 Å². The van der Waals surface area contributed by atoms with Crippen molar-refractivity contribution in [1.82, 2.24) is 0 Å². The van der Waals surface area contributed by atoms with Gasteiger partial charge in [-0.15, -0.1) is 0 Å². The lowest BCUT2D eigenvalue weighted by Gasteiger charge is -1.78. The third-order valence-electron chi connectivity index (χ3n) is 0.505. The number of hydrogen-bond donors (Lipinski definition) is 1. The van der Waals surface area contributed by atoms with Gasteiger partial charge in [0.1, 0.15) is 5.76 Å². The molecule has 0 heterocycles. The fraction of sp³-hybridized carbons (Fsp3) is 0.200. The van der Waals surface area contributed by atoms with Gasteiger partial charge in [0.15, 0.2) is 0 Å². The molecule has 0 saturated heterocycles. The van der Waals surface area contributed by atoms with Crippen LogP contribution in [0.15, 0.2) is 24.5 Å². The summed E-state index contributed by atoms with van der Waals surface area (Å²) < 4.78 is 0. The Morgan fingerprint density at radius 3 is 2.33 bits per heavy atom. The van der Waals surface area contributed by atoms with Crippen LogP contribution >= 0.6 is 0 Å². The molecule has 0 aliphatic carbocycles. The molecule has 0 radical (unpaired) electrons. The zero-order valence-electron chi connectivity index (χ0n) is 3.81. The molecule has 0 aliphatic rings. The van der Waals surface area contributed by atoms with Crippen molar-refractivity contribution in [3.8, 4) is 0 Å². The molecule has 0 unspecified atom stereocenters. The quantitative estimate of drug-likeness (QED) is 0.378. The Morgan fingerprint density at radius 2 is 2.33 bits per heavy atom. The van der Waals surface area contributed by atoms with Crippen LogP contribution in [-0.4, -0.2) is 5.11 Å². The highest BCUT2D eigenvalue weighted by atomic mass is 16.3. The summed E-state index contributed by atoms with van der Waals surface area (Å²) in [5, 5.41) is 8.41. The minimum absolute atomic E-state index is 0.231. The molecule has 34 valence electrons. The van der Waals surface area contributed by atoms with Crippen molar-refractivity contribution < 1.29 is 5.11 Å². The van der Waals surface area contributed by atoms with Crippen LogP contribution in [0.2, 0.25) is 0 Å². The number of rotatable bonds is 1. The molecular weight excluding hydrogens is 76.1 g/mol. The Bertz CT molecular complexity index is 72.0. The van der Waals surface area contributed by atoms with Crippen LogP contribution in [0.3, 0.4) is 0 Å². The highest BCUT2D eigenvalue weighted by Gasteiger charge is 1.69. The predicted molar refractivity (Wildman–Crippen MR) is 26.6 cm³/mol. The summed E-state index contributed by atoms with van der Waals surface area (Å²) in [7, 11) is 0. The molecule has 0 atom stereocenters. The Hall–Kier alpha value is -0.720. The van der Waals surface area contributed by atoms with Crippen LogP contribution in [0.1, 0.15) is 6.92 Å². The molecule has 0 aromatic heterocycles. The van der Waals surface area contributed by atoms with E-state index < -0.39 is 0 Å². The Morgan fingerprint density at radius 1 is 1.83 bits per heavy atom. The summed E-state index contributed by atoms with van der Waals surface area (Å²) in [5.74, 6) is 0.231. The van der Waals surface area contributed by atoms with Gasteiger partial charge in [0.2, 0.25) is 0 Å². The maximum absolute atomic E-state index is 8.41. The zero-order chi connectivity index (χ0) is 4.99. The van der Waals surface area contributed by atoms with Gasteiger partial charge in [-0.25, -0.2) is 0 Å². The molecule has 0 spiro atoms. The molecule has 0 saturated carbocycles. The lowest BCUT2D eigenvalue weighted by atomic mass is 10.5. The normalized spacial score (nSPS) is 11.2. The van der Waals surface area contributed by atoms with E-state index in [-0.39, 0.29) is 5.76 Å². The molecule has 1 heteroatoms. The number of aliphatic hydroxyl groups is 1. The molecule has 6 heavy (non-hydrogen) atoms. The topological polar surface area (TPSA) is 20.2 Å². The molecule has 0 aliphatic heterocycles. The van der Waals surface area contributed by atoms with Gasteiger partial charge in [-0.2, -0.15) is 0 Å². The third-order valence-corrected chi connectivity index (χ3v) is 0.505. The second-order valence-electron chi connectivity index (χ2n) is 0.918. The first-order valence-electron chi connectivity index (χ1n) is 1.79. The van der Waals surface area contributed by atoms with Crippen LogP contribution in [0.4, 0.5) is 0 Å². The van der Waals surface area contributed by atoms with Crippen molar-refractivity contribution in [1.29, 1.82) is 0 Å². The highest BCUT2D eigenvalue weighted by molar-refractivity contribution is 5.04. The van der Waals surface area contributed by atoms with Gasteiger partial charge in [0, 0.05) is 0 Å². The van der Waals surface area contributed by atoms with Crippen LogP contribution < -0.4 is 0 Å². The summed E-state index contributed by atoms with van der Waals surface area (Å²) in [6.45, 7) is 5.06. The average Bonchev–Trinajstić information content (AvgIpc) is 1.65. The molecule has 0 fully saturated rings. The van der Waals surface area contributed by atoms with E-state index in [2.05, 4.69) is 6.58 Å². The molecule has 0 aromatic rings. The maximum Gasteiger partial charge on any atom is 0.110 e. The van der Waals surface area contributed by atoms with E-state index >= 15 is 0 Å². The van der Waals surface area contributed by atoms with Gasteiger partial charge < -0.3 is 5.11 Å². The van der Waals surface area contributed by atoms with Crippen molar-refractivity contribution in [2.45, 2.75) is 6.92 Å². The molecule has 0 rings (SSSR count). The summed E-state index contributed by atoms with van der Waals surface area (Å²) in [4.78, 5) is 0. The van der Waals surface area contributed by atoms with Gasteiger partial charge >= 0.3 is 0 Å². The van der Waals surface area contributed by atoms with Crippen molar-refractivity contribution in [2.75, 3.05) is 0 Å². The summed E-state index contributed by atoms with van der Waals surface area (Å²) in [5.41, 5.74) is 0. The summed E-state index contributed by atoms with van der Waals surface area (Å²) in [6.07, 6.45) is 2.97. The fourth-order valence-corrected chi connectivity index (χ4v) is 0.118. The molecule has 0 bridgehead atoms. The van der Waals surface area contributed by atoms with E-state index in [1.807, 2.05) is 0 Å². The van der Waals surface area contributed by atoms with Gasteiger partial charge in [-0.1, -0.05) is 6.58 Å². The Balaban J connectivity index is 3.50. The van der Waals surface area contributed by atoms with E-state index in [9.17, 15) is 0 Å². The van der Waals surface area contributed by atoms with E-state index in [1.165, 1.54) is 6.08 Å². The molecule has 0 amide bonds. The van der Waals surface area contributed by atoms with Gasteiger partial charge in [-0.05, 0) is 19.1 Å². The van der Waals surface area contributed by atoms with Crippen molar-refractivity contribution >= 4 is 0 Å². The molecular formula is C5H8O. The van der Waals surface area contributed by atoms with Crippen molar-refractivity contribution in [3.63, 3.8) is 0 Å². The third kappa shape index (κ3) is 1.58. The van der Waals surface area contributed by atoms with Crippen LogP contribution in [0.25, 0.3) is 0 Å². The lowest BCUT2D eigenvalue weighted by Crippen LogP contribution is -1.64. The number of allylic oxidation sites excluding steroid dienone is 2. The highest BCUT2D eigenvalue weighted by Crippen LogP contribution is 1.83. The summed E-state index contributed by atoms with van der Waals surface area (Å²) >= 11 is 0. The molecule has 1 N–H and O–H groups in total. The van der Waals surface area contributed by atoms with Crippen LogP contribution in [0.5, 0.6) is 0 Å². The van der Waals surface area contributed by atoms with Crippen LogP contribution in [0, 0.1) is 0 Å². The van der Waals surface area contributed by atoms with Crippen molar-refractivity contribution in [3.05, 3.63) is 24.5 Å². The first-order chi connectivity index (χ1) is 2.81. The van der Waals surface area contributed by atoms with Gasteiger partial charge in [-0.3, -0.25) is 0 Å². The smallest absolute Gasteiger partial charge is 0.110 e. The monoisotopic (exact) mass is 84.1 g/mol. The Kier molecular flexibility index (Phi) is 2.21. The second-order valence-corrected chi connectivity index (χ2v) is 0.918. The van der Waals surface area contributed by atoms with Crippen LogP contribution in [-0.2, 0) is 0 Å². The maximum atomic E-state index is 8.41. The van der Waals surface area contributed by atoms with E-state index in [0.29, 0.717) is 0 Å². The Labute approximate surface area is 37.6 Å². The van der Waals surface area contributed by atoms with E-state index in [0.717, 1.165) is 0 Å². The van der Waals surface area contributed by atoms with E-state index in [1.54, 1.807) is 13.0 Å². The predicted octanol–water partition coefficient (Wildman–Crippen LogP) is 1.63. The van der Waals surface area contributed by atoms with Gasteiger partial charge in [0.05, 0.1) is 0 Å². The van der Waals surface area contributed by atoms with E-state index in [4.69, 9.17) is 5.11 Å². The second kappa shape index (κ2) is 2.51. The SMILES string of the molecule is C=C/C(O)=C/C. The minimum Gasteiger partial charge on any atom is -0.508 e. The summed E-state index contributed by atoms with van der Waals surface area (Å²) in [6, 6.07) is 0. The molecule has 1 nitrogen and oxygen atoms in total. The standard InChI is InChI=1S/C5H8O/c1-3-5(6)4-2/h3-4,6H,1H2,2H3/b5-4-. The number of aliphatic hydroxyl groups excluding tert-OH is 1. The lowest BCUT2D eigenvalue weighted by molar-refractivity contribution is 0.432. The van der Waals surface area contributed by atoms with Gasteiger partial charge in [0.25, 0.3) is 0 Å². The zero-order valence-corrected chi connectivity index (χ0v) is 3.81. The first-order valence-corrected chi connectivity index (χ1v) is 1.79. The largest absolute Gasteiger partial charge is 0.508 e. The average molecular weight is 84.1 g/mol. The number of hydrogen-bond acceptors (Lipinski definition) is 1. The first kappa shape index (κ1) is 5.28. The minimum atomic E-state index is 0.231. The molecule has 0 aromatic carbocycles. The fourth-order valence-electron chi connectivity index (χ4n) is 0.118.